The van der Waals surface area contributed by atoms with E-state index in [0.29, 0.717) is 30.6 Å². The molecule has 0 spiro atoms. The van der Waals surface area contributed by atoms with Crippen molar-refractivity contribution < 1.29 is 17.9 Å². The van der Waals surface area contributed by atoms with E-state index in [9.17, 15) is 22.8 Å². The molecule has 1 aliphatic rings. The molecule has 0 atom stereocenters. The van der Waals surface area contributed by atoms with Gasteiger partial charge < -0.3 is 9.84 Å². The second-order valence-electron chi connectivity index (χ2n) is 5.30. The normalized spacial score (nSPS) is 14.2. The fourth-order valence-corrected chi connectivity index (χ4v) is 3.31. The highest BCUT2D eigenvalue weighted by atomic mass is 32.2. The molecule has 1 N–H and O–H groups in total. The maximum Gasteiger partial charge on any atom is 0.446 e. The van der Waals surface area contributed by atoms with Crippen molar-refractivity contribution in [1.29, 1.82) is 0 Å². The molecule has 0 saturated heterocycles. The molecule has 5 nitrogen and oxygen atoms in total. The topological polar surface area (TPSA) is 64.1 Å². The lowest BCUT2D eigenvalue weighted by molar-refractivity contribution is -0.0329. The number of fused-ring (bicyclic) bond motifs is 1. The van der Waals surface area contributed by atoms with E-state index in [1.165, 1.54) is 25.4 Å². The molecule has 0 radical (unpaired) electrons. The number of alkyl halides is 3. The summed E-state index contributed by atoms with van der Waals surface area (Å²) in [5.41, 5.74) is -4.80. The summed E-state index contributed by atoms with van der Waals surface area (Å²) >= 11 is -0.248. The van der Waals surface area contributed by atoms with E-state index in [1.807, 2.05) is 0 Å². The van der Waals surface area contributed by atoms with E-state index in [0.717, 1.165) is 4.68 Å². The zero-order valence-corrected chi connectivity index (χ0v) is 13.4. The Kier molecular flexibility index (Phi) is 4.20. The van der Waals surface area contributed by atoms with Crippen molar-refractivity contribution in [1.82, 2.24) is 9.78 Å². The molecule has 1 aromatic carbocycles. The van der Waals surface area contributed by atoms with Gasteiger partial charge in [0.1, 0.15) is 5.75 Å². The second kappa shape index (κ2) is 6.04. The Balaban J connectivity index is 2.19. The summed E-state index contributed by atoms with van der Waals surface area (Å²) in [7, 11) is 1.41. The summed E-state index contributed by atoms with van der Waals surface area (Å²) in [5, 5.41) is 2.65. The lowest BCUT2D eigenvalue weighted by Gasteiger charge is -2.23. The van der Waals surface area contributed by atoms with Crippen molar-refractivity contribution in [3.8, 4) is 16.9 Å². The van der Waals surface area contributed by atoms with E-state index in [1.54, 1.807) is 0 Å². The average Bonchev–Trinajstić information content (AvgIpc) is 2.53. The van der Waals surface area contributed by atoms with Gasteiger partial charge >= 0.3 is 11.1 Å². The van der Waals surface area contributed by atoms with Crippen molar-refractivity contribution in [2.24, 2.45) is 7.05 Å². The highest BCUT2D eigenvalue weighted by Crippen LogP contribution is 2.46. The Morgan fingerprint density at radius 3 is 2.71 bits per heavy atom. The highest BCUT2D eigenvalue weighted by molar-refractivity contribution is 8.00. The van der Waals surface area contributed by atoms with Crippen LogP contribution in [0.2, 0.25) is 0 Å². The molecule has 0 saturated carbocycles. The first-order valence-corrected chi connectivity index (χ1v) is 7.93. The summed E-state index contributed by atoms with van der Waals surface area (Å²) in [5.74, 6) is 0.140. The molecule has 1 aromatic heterocycles. The maximum atomic E-state index is 12.7. The molecule has 128 valence electrons. The van der Waals surface area contributed by atoms with Gasteiger partial charge in [0.05, 0.1) is 17.1 Å². The van der Waals surface area contributed by atoms with Gasteiger partial charge in [0, 0.05) is 18.8 Å². The Bertz CT molecular complexity index is 902. The molecule has 0 bridgehead atoms. The predicted molar refractivity (Wildman–Crippen MR) is 83.5 cm³/mol. The number of thioether (sulfide) groups is 1. The predicted octanol–water partition coefficient (Wildman–Crippen LogP) is 2.68. The number of hydrogen-bond donors (Lipinski definition) is 1. The fourth-order valence-electron chi connectivity index (χ4n) is 2.65. The number of nitrogens with zero attached hydrogens (tertiary/aromatic N) is 1. The van der Waals surface area contributed by atoms with Gasteiger partial charge in [0.2, 0.25) is 0 Å². The van der Waals surface area contributed by atoms with E-state index in [-0.39, 0.29) is 28.0 Å². The van der Waals surface area contributed by atoms with Crippen LogP contribution < -0.4 is 15.7 Å². The molecular weight excluding hydrogens is 345 g/mol. The zero-order valence-electron chi connectivity index (χ0n) is 12.6. The first-order valence-electron chi connectivity index (χ1n) is 7.11. The highest BCUT2D eigenvalue weighted by Gasteiger charge is 2.33. The van der Waals surface area contributed by atoms with Gasteiger partial charge in [0.15, 0.2) is 0 Å². The van der Waals surface area contributed by atoms with Crippen LogP contribution in [0.4, 0.5) is 13.2 Å². The van der Waals surface area contributed by atoms with Crippen molar-refractivity contribution >= 4 is 11.8 Å². The number of benzene rings is 1. The Morgan fingerprint density at radius 1 is 1.25 bits per heavy atom. The number of aryl methyl sites for hydroxylation is 1. The monoisotopic (exact) mass is 358 g/mol. The van der Waals surface area contributed by atoms with Crippen LogP contribution in [0.5, 0.6) is 5.75 Å². The molecule has 3 rings (SSSR count). The van der Waals surface area contributed by atoms with Crippen LogP contribution in [0.15, 0.2) is 32.8 Å². The van der Waals surface area contributed by atoms with E-state index in [2.05, 4.69) is 5.10 Å². The van der Waals surface area contributed by atoms with Gasteiger partial charge in [-0.05, 0) is 36.2 Å². The number of aromatic amines is 1. The maximum absolute atomic E-state index is 12.7. The molecule has 1 aliphatic heterocycles. The van der Waals surface area contributed by atoms with Gasteiger partial charge in [-0.3, -0.25) is 14.3 Å². The summed E-state index contributed by atoms with van der Waals surface area (Å²) in [6.07, 6.45) is 2.49. The minimum absolute atomic E-state index is 0.0405. The average molecular weight is 358 g/mol. The zero-order chi connectivity index (χ0) is 17.5. The fraction of sp³-hybridized carbons (Fsp3) is 0.333. The van der Waals surface area contributed by atoms with E-state index >= 15 is 0 Å². The molecule has 0 amide bonds. The molecule has 2 heterocycles. The standard InChI is InChI=1S/C15H13F3N2O3S/c1-20-14(22)12(21)10(7-19-20)8-4-5-11(24-15(16,17)18)13-9(8)3-2-6-23-13/h4-5,7,19H,2-3,6H2,1H3. The number of H-pyrrole nitrogens is 1. The van der Waals surface area contributed by atoms with Gasteiger partial charge in [-0.15, -0.1) is 0 Å². The quantitative estimate of drug-likeness (QED) is 0.662. The lowest BCUT2D eigenvalue weighted by atomic mass is 9.95. The van der Waals surface area contributed by atoms with E-state index < -0.39 is 16.5 Å². The van der Waals surface area contributed by atoms with Crippen molar-refractivity contribution in [3.63, 3.8) is 0 Å². The molecule has 0 fully saturated rings. The SMILES string of the molecule is Cn1[nH]cc(-c2ccc(SC(F)(F)F)c3c2CCCO3)c(=O)c1=O. The summed E-state index contributed by atoms with van der Waals surface area (Å²) in [6.45, 7) is 0.314. The number of rotatable bonds is 2. The van der Waals surface area contributed by atoms with Crippen LogP contribution in [-0.2, 0) is 13.5 Å². The summed E-state index contributed by atoms with van der Waals surface area (Å²) in [6, 6.07) is 2.71. The summed E-state index contributed by atoms with van der Waals surface area (Å²) < 4.78 is 44.6. The molecule has 24 heavy (non-hydrogen) atoms. The van der Waals surface area contributed by atoms with Crippen LogP contribution in [-0.4, -0.2) is 21.9 Å². The molecule has 9 heteroatoms. The van der Waals surface area contributed by atoms with Crippen LogP contribution in [0, 0.1) is 0 Å². The van der Waals surface area contributed by atoms with Crippen LogP contribution >= 0.6 is 11.8 Å². The Labute approximate surface area is 138 Å². The Hall–Kier alpha value is -2.16. The molecular formula is C15H13F3N2O3S. The third kappa shape index (κ3) is 3.08. The Morgan fingerprint density at radius 2 is 2.00 bits per heavy atom. The summed E-state index contributed by atoms with van der Waals surface area (Å²) in [4.78, 5) is 24.0. The number of nitrogens with one attached hydrogen (secondary N) is 1. The molecule has 2 aromatic rings. The third-order valence-corrected chi connectivity index (χ3v) is 4.48. The van der Waals surface area contributed by atoms with Crippen molar-refractivity contribution in [2.75, 3.05) is 6.61 Å². The minimum Gasteiger partial charge on any atom is -0.492 e. The number of hydrogen-bond acceptors (Lipinski definition) is 4. The third-order valence-electron chi connectivity index (χ3n) is 3.70. The van der Waals surface area contributed by atoms with Crippen LogP contribution in [0.3, 0.4) is 0 Å². The number of aromatic nitrogens is 2. The van der Waals surface area contributed by atoms with Crippen molar-refractivity contribution in [3.05, 3.63) is 44.5 Å². The largest absolute Gasteiger partial charge is 0.492 e. The minimum atomic E-state index is -4.43. The van der Waals surface area contributed by atoms with Crippen LogP contribution in [0.1, 0.15) is 12.0 Å². The van der Waals surface area contributed by atoms with Crippen LogP contribution in [0.25, 0.3) is 11.1 Å². The first-order chi connectivity index (χ1) is 11.3. The number of ether oxygens (including phenoxy) is 1. The smallest absolute Gasteiger partial charge is 0.446 e. The lowest BCUT2D eigenvalue weighted by Crippen LogP contribution is -2.35. The van der Waals surface area contributed by atoms with Gasteiger partial charge in [-0.1, -0.05) is 6.07 Å². The molecule has 0 unspecified atom stereocenters. The number of halogens is 3. The van der Waals surface area contributed by atoms with Gasteiger partial charge in [-0.25, -0.2) is 0 Å². The van der Waals surface area contributed by atoms with Gasteiger partial charge in [-0.2, -0.15) is 13.2 Å². The molecule has 0 aliphatic carbocycles. The second-order valence-corrected chi connectivity index (χ2v) is 6.41. The van der Waals surface area contributed by atoms with Gasteiger partial charge in [0.25, 0.3) is 5.43 Å². The van der Waals surface area contributed by atoms with Crippen molar-refractivity contribution in [2.45, 2.75) is 23.2 Å². The first kappa shape index (κ1) is 16.7. The van der Waals surface area contributed by atoms with E-state index in [4.69, 9.17) is 4.74 Å².